The van der Waals surface area contributed by atoms with E-state index in [-0.39, 0.29) is 50.7 Å². The summed E-state index contributed by atoms with van der Waals surface area (Å²) in [6.45, 7) is 7.62. The predicted octanol–water partition coefficient (Wildman–Crippen LogP) is 4.69. The van der Waals surface area contributed by atoms with Crippen LogP contribution in [0.4, 0.5) is 11.4 Å². The molecule has 0 bridgehead atoms. The Morgan fingerprint density at radius 2 is 1.24 bits per heavy atom. The quantitative estimate of drug-likeness (QED) is 0.0425. The summed E-state index contributed by atoms with van der Waals surface area (Å²) in [6.07, 6.45) is 11.4. The van der Waals surface area contributed by atoms with Crippen molar-refractivity contribution < 1.29 is 81.8 Å². The fraction of sp³-hybridized carbons (Fsp3) is 0.565. The molecule has 2 atom stereocenters. The fourth-order valence-corrected chi connectivity index (χ4v) is 9.84. The SMILES string of the molecule is COCCOCCOCCC1(C)C(=CC=CC=CC2=[N+](CCCS(=O)(=O)O)c3ccc(S(=O)(=O)[O-])cc3C2(C)CCOCCOCCOC)N(CCCCCC(=O)O)c2ccc(S(=O)(=O)[O-])cc21. The Hall–Kier alpha value is -3.91. The van der Waals surface area contributed by atoms with E-state index in [0.29, 0.717) is 107 Å². The summed E-state index contributed by atoms with van der Waals surface area (Å²) in [4.78, 5) is 12.5. The molecule has 68 heavy (non-hydrogen) atoms. The van der Waals surface area contributed by atoms with E-state index in [9.17, 15) is 48.8 Å². The number of carbonyl (C=O) groups is 1. The van der Waals surface area contributed by atoms with E-state index >= 15 is 0 Å². The summed E-state index contributed by atoms with van der Waals surface area (Å²) in [7, 11) is -10.9. The molecule has 2 aromatic carbocycles. The zero-order valence-electron chi connectivity index (χ0n) is 39.1. The summed E-state index contributed by atoms with van der Waals surface area (Å²) in [6, 6.07) is 8.34. The fourth-order valence-electron chi connectivity index (χ4n) is 8.35. The lowest BCUT2D eigenvalue weighted by Gasteiger charge is -2.30. The topological polar surface area (TPSA) is 268 Å². The highest BCUT2D eigenvalue weighted by Crippen LogP contribution is 2.51. The maximum atomic E-state index is 12.3. The number of carboxylic acids is 1. The maximum Gasteiger partial charge on any atom is 0.303 e. The molecule has 2 heterocycles. The number of nitrogens with zero attached hydrogens (tertiary/aromatic N) is 2. The number of fused-ring (bicyclic) bond motifs is 2. The van der Waals surface area contributed by atoms with Gasteiger partial charge in [-0.05, 0) is 81.5 Å². The third-order valence-corrected chi connectivity index (χ3v) is 14.4. The lowest BCUT2D eigenvalue weighted by Crippen LogP contribution is -2.33. The van der Waals surface area contributed by atoms with Crippen molar-refractivity contribution in [1.29, 1.82) is 0 Å². The van der Waals surface area contributed by atoms with Gasteiger partial charge in [-0.2, -0.15) is 13.0 Å². The number of allylic oxidation sites excluding steroid dienone is 6. The predicted molar refractivity (Wildman–Crippen MR) is 250 cm³/mol. The van der Waals surface area contributed by atoms with Gasteiger partial charge in [0, 0.05) is 81.3 Å². The van der Waals surface area contributed by atoms with E-state index in [4.69, 9.17) is 28.4 Å². The molecule has 2 N–H and O–H groups in total. The number of aliphatic carboxylic acids is 1. The Kier molecular flexibility index (Phi) is 22.0. The van der Waals surface area contributed by atoms with Gasteiger partial charge in [-0.3, -0.25) is 9.35 Å². The van der Waals surface area contributed by atoms with Crippen molar-refractivity contribution in [3.8, 4) is 0 Å². The minimum Gasteiger partial charge on any atom is -0.744 e. The van der Waals surface area contributed by atoms with Gasteiger partial charge in [-0.15, -0.1) is 0 Å². The van der Waals surface area contributed by atoms with Gasteiger partial charge in [-0.1, -0.05) is 24.6 Å². The first-order chi connectivity index (χ1) is 32.2. The van der Waals surface area contributed by atoms with E-state index in [1.807, 2.05) is 29.4 Å². The highest BCUT2D eigenvalue weighted by molar-refractivity contribution is 7.86. The van der Waals surface area contributed by atoms with E-state index in [1.54, 1.807) is 44.6 Å². The van der Waals surface area contributed by atoms with Crippen molar-refractivity contribution >= 4 is 53.4 Å². The van der Waals surface area contributed by atoms with Crippen molar-refractivity contribution in [2.24, 2.45) is 0 Å². The van der Waals surface area contributed by atoms with Crippen LogP contribution in [-0.2, 0) is 74.4 Å². The van der Waals surface area contributed by atoms with Crippen LogP contribution in [0, 0.1) is 0 Å². The number of unbranched alkanes of at least 4 members (excludes halogenated alkanes) is 2. The molecule has 2 aliphatic heterocycles. The summed E-state index contributed by atoms with van der Waals surface area (Å²) in [5, 5.41) is 9.21. The van der Waals surface area contributed by atoms with Gasteiger partial charge in [0.1, 0.15) is 26.8 Å². The number of carboxylic acid groups (broad SMARTS) is 1. The van der Waals surface area contributed by atoms with Gasteiger partial charge < -0.3 is 47.5 Å². The monoisotopic (exact) mass is 1010 g/mol. The minimum atomic E-state index is -4.86. The van der Waals surface area contributed by atoms with Gasteiger partial charge in [0.15, 0.2) is 5.71 Å². The second-order valence-corrected chi connectivity index (χ2v) is 21.0. The van der Waals surface area contributed by atoms with Crippen LogP contribution in [0.1, 0.15) is 69.9 Å². The molecule has 2 unspecified atom stereocenters. The normalized spacial score (nSPS) is 19.3. The summed E-state index contributed by atoms with van der Waals surface area (Å²) in [5.41, 5.74) is 1.91. The lowest BCUT2D eigenvalue weighted by atomic mass is 9.76. The third-order valence-electron chi connectivity index (χ3n) is 11.9. The molecule has 4 rings (SSSR count). The summed E-state index contributed by atoms with van der Waals surface area (Å²) >= 11 is 0. The summed E-state index contributed by atoms with van der Waals surface area (Å²) < 4.78 is 142. The number of methoxy groups -OCH3 is 2. The van der Waals surface area contributed by atoms with Gasteiger partial charge in [0.2, 0.25) is 5.69 Å². The average molecular weight is 1010 g/mol. The van der Waals surface area contributed by atoms with E-state index in [1.165, 1.54) is 30.3 Å². The van der Waals surface area contributed by atoms with Crippen LogP contribution in [0.3, 0.4) is 0 Å². The third kappa shape index (κ3) is 16.3. The molecule has 380 valence electrons. The molecule has 22 heteroatoms. The Morgan fingerprint density at radius 3 is 1.79 bits per heavy atom. The first-order valence-corrected chi connectivity index (χ1v) is 26.7. The van der Waals surface area contributed by atoms with E-state index < -0.39 is 57.8 Å². The maximum absolute atomic E-state index is 12.3. The molecule has 0 radical (unpaired) electrons. The number of benzene rings is 2. The Morgan fingerprint density at radius 1 is 0.691 bits per heavy atom. The second kappa shape index (κ2) is 26.3. The number of hydrogen-bond donors (Lipinski definition) is 2. The Labute approximate surface area is 400 Å². The zero-order chi connectivity index (χ0) is 50.0. The molecule has 0 saturated heterocycles. The first kappa shape index (κ1) is 56.7. The van der Waals surface area contributed by atoms with Crippen LogP contribution in [0.25, 0.3) is 0 Å². The van der Waals surface area contributed by atoms with Crippen LogP contribution in [0.15, 0.2) is 82.3 Å². The second-order valence-electron chi connectivity index (χ2n) is 16.7. The molecule has 0 saturated carbocycles. The van der Waals surface area contributed by atoms with Crippen molar-refractivity contribution in [2.45, 2.75) is 79.4 Å². The summed E-state index contributed by atoms with van der Waals surface area (Å²) in [5.74, 6) is -1.43. The van der Waals surface area contributed by atoms with Gasteiger partial charge >= 0.3 is 5.97 Å². The van der Waals surface area contributed by atoms with Crippen molar-refractivity contribution in [3.63, 3.8) is 0 Å². The van der Waals surface area contributed by atoms with Gasteiger partial charge in [0.05, 0.1) is 73.8 Å². The number of hydrogen-bond acceptors (Lipinski definition) is 16. The van der Waals surface area contributed by atoms with Crippen LogP contribution in [0.5, 0.6) is 0 Å². The standard InChI is InChI=1S/C46H66N2O17S3/c1-45(19-23-62-29-31-64-27-25-60-3)38-34-36(67(54,55)56)15-17-40(38)47(21-10-6-9-14-44(49)50)42(45)12-7-5-8-13-43-46(2,20-24-63-30-32-65-28-26-61-4)39-35-37(68(57,58)59)16-18-41(39)48(43)22-11-33-66(51,52)53/h5,7-8,12-13,15-18,34-35H,6,9-11,14,19-33H2,1-4H3,(H3-,49,50,51,52,53,54,55,56,57,58,59)/p-1. The van der Waals surface area contributed by atoms with Crippen molar-refractivity contribution in [2.75, 3.05) is 104 Å². The van der Waals surface area contributed by atoms with Crippen LogP contribution < -0.4 is 4.90 Å². The van der Waals surface area contributed by atoms with E-state index in [0.717, 1.165) is 5.70 Å². The van der Waals surface area contributed by atoms with E-state index in [2.05, 4.69) is 0 Å². The smallest absolute Gasteiger partial charge is 0.303 e. The average Bonchev–Trinajstić information content (AvgIpc) is 3.63. The number of anilines is 1. The lowest BCUT2D eigenvalue weighted by molar-refractivity contribution is -0.437. The van der Waals surface area contributed by atoms with Crippen molar-refractivity contribution in [1.82, 2.24) is 0 Å². The highest BCUT2D eigenvalue weighted by Gasteiger charge is 2.48. The molecule has 2 aliphatic rings. The number of ether oxygens (including phenoxy) is 6. The Bertz CT molecular complexity index is 2470. The highest BCUT2D eigenvalue weighted by atomic mass is 32.2. The Balaban J connectivity index is 1.76. The molecule has 0 aliphatic carbocycles. The zero-order valence-corrected chi connectivity index (χ0v) is 41.6. The van der Waals surface area contributed by atoms with Crippen molar-refractivity contribution in [3.05, 3.63) is 83.6 Å². The molecule has 0 amide bonds. The molecular weight excluding hydrogens is 949 g/mol. The molecule has 2 aromatic rings. The van der Waals surface area contributed by atoms with Gasteiger partial charge in [-0.25, -0.2) is 16.8 Å². The molecule has 0 spiro atoms. The molecule has 0 aromatic heterocycles. The van der Waals surface area contributed by atoms with Gasteiger partial charge in [0.25, 0.3) is 10.1 Å². The minimum absolute atomic E-state index is 0.00967. The molecular formula is C46H65N2O17S3-. The van der Waals surface area contributed by atoms with Crippen LogP contribution >= 0.6 is 0 Å². The largest absolute Gasteiger partial charge is 0.744 e. The molecule has 19 nitrogen and oxygen atoms in total. The van der Waals surface area contributed by atoms with Crippen LogP contribution in [0.2, 0.25) is 0 Å². The molecule has 0 fully saturated rings. The number of rotatable bonds is 33. The first-order valence-electron chi connectivity index (χ1n) is 22.3. The van der Waals surface area contributed by atoms with Crippen LogP contribution in [-0.4, -0.2) is 159 Å².